The lowest BCUT2D eigenvalue weighted by Crippen LogP contribution is -2.59. The first-order valence-electron chi connectivity index (χ1n) is 26.7. The monoisotopic (exact) mass is 1060 g/mol. The molecule has 0 fully saturated rings. The van der Waals surface area contributed by atoms with E-state index in [9.17, 15) is 0 Å². The topological polar surface area (TPSA) is 6.48 Å². The van der Waals surface area contributed by atoms with Crippen LogP contribution in [0.15, 0.2) is 212 Å². The molecule has 0 atom stereocenters. The second-order valence-corrected chi connectivity index (χ2v) is 27.2. The maximum absolute atomic E-state index is 2.69. The number of hydrogen-bond acceptors (Lipinski definition) is 6. The van der Waals surface area contributed by atoms with Crippen molar-refractivity contribution in [2.75, 3.05) is 9.80 Å². The van der Waals surface area contributed by atoms with Gasteiger partial charge < -0.3 is 9.80 Å². The van der Waals surface area contributed by atoms with E-state index >= 15 is 0 Å². The van der Waals surface area contributed by atoms with Gasteiger partial charge in [-0.15, -0.1) is 45.3 Å². The quantitative estimate of drug-likeness (QED) is 0.153. The minimum absolute atomic E-state index is 0.0124. The van der Waals surface area contributed by atoms with Crippen LogP contribution in [0.4, 0.5) is 34.1 Å². The number of benzene rings is 9. The molecule has 0 N–H and O–H groups in total. The van der Waals surface area contributed by atoms with Crippen LogP contribution in [-0.4, -0.2) is 6.71 Å². The Morgan fingerprint density at radius 1 is 0.338 bits per heavy atom. The number of rotatable bonds is 6. The van der Waals surface area contributed by atoms with Gasteiger partial charge in [0.2, 0.25) is 0 Å². The molecule has 0 saturated heterocycles. The fraction of sp³-hybridized carbons (Fsp3) is 0.114. The second-order valence-electron chi connectivity index (χ2n) is 22.9. The fourth-order valence-electron chi connectivity index (χ4n) is 12.1. The Balaban J connectivity index is 1.07. The lowest BCUT2D eigenvalue weighted by molar-refractivity contribution is 0.591. The summed E-state index contributed by atoms with van der Waals surface area (Å²) in [5.74, 6) is 0. The van der Waals surface area contributed by atoms with Gasteiger partial charge in [0, 0.05) is 71.4 Å². The van der Waals surface area contributed by atoms with Gasteiger partial charge in [0.15, 0.2) is 0 Å². The number of fused-ring (bicyclic) bond motifs is 10. The molecular formula is C70H53BN2S4. The average Bonchev–Trinajstić information content (AvgIpc) is 4.48. The number of anilines is 6. The summed E-state index contributed by atoms with van der Waals surface area (Å²) in [6.07, 6.45) is 0. The largest absolute Gasteiger partial charge is 0.309 e. The van der Waals surface area contributed by atoms with Crippen LogP contribution in [0.25, 0.3) is 83.5 Å². The Morgan fingerprint density at radius 2 is 0.766 bits per heavy atom. The van der Waals surface area contributed by atoms with Crippen molar-refractivity contribution in [1.82, 2.24) is 0 Å². The normalized spacial score (nSPS) is 13.2. The van der Waals surface area contributed by atoms with Crippen molar-refractivity contribution in [2.45, 2.75) is 52.4 Å². The van der Waals surface area contributed by atoms with E-state index in [0.717, 1.165) is 0 Å². The number of thiophene rings is 4. The summed E-state index contributed by atoms with van der Waals surface area (Å²) >= 11 is 7.74. The number of nitrogens with zero attached hydrogens (tertiary/aromatic N) is 2. The Labute approximate surface area is 466 Å². The maximum atomic E-state index is 2.69. The van der Waals surface area contributed by atoms with Gasteiger partial charge in [0.25, 0.3) is 6.71 Å². The highest BCUT2D eigenvalue weighted by molar-refractivity contribution is 7.40. The van der Waals surface area contributed by atoms with Crippen LogP contribution in [0.1, 0.15) is 52.7 Å². The molecule has 4 aromatic heterocycles. The molecule has 15 rings (SSSR count). The van der Waals surface area contributed by atoms with Gasteiger partial charge in [-0.25, -0.2) is 0 Å². The third-order valence-corrected chi connectivity index (χ3v) is 20.8. The first kappa shape index (κ1) is 46.8. The van der Waals surface area contributed by atoms with Crippen LogP contribution >= 0.6 is 45.3 Å². The van der Waals surface area contributed by atoms with Crippen molar-refractivity contribution in [3.63, 3.8) is 0 Å². The fourth-order valence-corrected chi connectivity index (χ4v) is 16.8. The molecule has 0 saturated carbocycles. The predicted molar refractivity (Wildman–Crippen MR) is 341 cm³/mol. The molecular weight excluding hydrogens is 1010 g/mol. The van der Waals surface area contributed by atoms with Crippen molar-refractivity contribution >= 4 is 142 Å². The molecule has 2 aliphatic rings. The highest BCUT2D eigenvalue weighted by Crippen LogP contribution is 2.55. The summed E-state index contributed by atoms with van der Waals surface area (Å²) in [6.45, 7) is 14.1. The molecule has 6 heterocycles. The molecule has 0 amide bonds. The average molecular weight is 1060 g/mol. The number of hydrogen-bond donors (Lipinski definition) is 0. The van der Waals surface area contributed by atoms with Crippen LogP contribution in [0.5, 0.6) is 0 Å². The van der Waals surface area contributed by atoms with Gasteiger partial charge >= 0.3 is 0 Å². The summed E-state index contributed by atoms with van der Waals surface area (Å²) < 4.78 is 8.01. The minimum atomic E-state index is -0.0422. The third kappa shape index (κ3) is 7.53. The zero-order chi connectivity index (χ0) is 51.9. The Morgan fingerprint density at radius 3 is 1.19 bits per heavy atom. The highest BCUT2D eigenvalue weighted by Gasteiger charge is 2.48. The minimum Gasteiger partial charge on any atom is -0.309 e. The molecule has 7 heteroatoms. The van der Waals surface area contributed by atoms with Gasteiger partial charge in [0.1, 0.15) is 0 Å². The van der Waals surface area contributed by atoms with Crippen molar-refractivity contribution < 1.29 is 0 Å². The van der Waals surface area contributed by atoms with Crippen LogP contribution in [0.3, 0.4) is 0 Å². The summed E-state index contributed by atoms with van der Waals surface area (Å²) in [6, 6.07) is 80.7. The molecule has 0 unspecified atom stereocenters. The standard InChI is InChI=1S/C70H53BN2S4/c1-69(2,3)48-30-34-60-52(40-48)65-67(76-60)71-64-54(72(65)56-36-46(28-32-50(56)42-18-9-7-10-19-42)62-38-44-22-13-15-26-58(44)74-62)24-17-25-55(64)73(66-53-41-49(70(4,5)6)31-35-61(53)77-68(66)71)57-37-47(29-33-51(57)43-20-11-8-12-21-43)63-39-45-23-14-16-27-59(45)75-63/h7-41H,1-6H3. The summed E-state index contributed by atoms with van der Waals surface area (Å²) in [5.41, 5.74) is 18.6. The van der Waals surface area contributed by atoms with Gasteiger partial charge in [-0.3, -0.25) is 0 Å². The van der Waals surface area contributed by atoms with Gasteiger partial charge in [-0.05, 0) is 133 Å². The lowest BCUT2D eigenvalue weighted by atomic mass is 9.39. The van der Waals surface area contributed by atoms with Crippen molar-refractivity contribution in [3.05, 3.63) is 223 Å². The van der Waals surface area contributed by atoms with Crippen molar-refractivity contribution in [3.8, 4) is 43.1 Å². The van der Waals surface area contributed by atoms with E-state index in [1.807, 2.05) is 45.3 Å². The van der Waals surface area contributed by atoms with E-state index in [2.05, 4.69) is 264 Å². The molecule has 2 nitrogen and oxygen atoms in total. The van der Waals surface area contributed by atoms with Gasteiger partial charge in [-0.2, -0.15) is 0 Å². The molecule has 2 aliphatic heterocycles. The van der Waals surface area contributed by atoms with Crippen molar-refractivity contribution in [1.29, 1.82) is 0 Å². The maximum Gasteiger partial charge on any atom is 0.277 e. The third-order valence-electron chi connectivity index (χ3n) is 16.0. The summed E-state index contributed by atoms with van der Waals surface area (Å²) in [5, 5.41) is 5.17. The van der Waals surface area contributed by atoms with Crippen molar-refractivity contribution in [2.24, 2.45) is 0 Å². The molecule has 13 aromatic rings. The second kappa shape index (κ2) is 17.5. The molecule has 0 radical (unpaired) electrons. The van der Waals surface area contributed by atoms with Gasteiger partial charge in [-0.1, -0.05) is 181 Å². The van der Waals surface area contributed by atoms with Crippen LogP contribution < -0.4 is 24.8 Å². The van der Waals surface area contributed by atoms with E-state index < -0.39 is 0 Å². The first-order valence-corrected chi connectivity index (χ1v) is 29.9. The Kier molecular flexibility index (Phi) is 10.6. The Bertz CT molecular complexity index is 4150. The molecule has 0 aliphatic carbocycles. The van der Waals surface area contributed by atoms with E-state index in [0.29, 0.717) is 0 Å². The summed E-state index contributed by atoms with van der Waals surface area (Å²) in [7, 11) is 0. The molecule has 370 valence electrons. The zero-order valence-electron chi connectivity index (χ0n) is 43.8. The Hall–Kier alpha value is -7.52. The van der Waals surface area contributed by atoms with E-state index in [1.165, 1.54) is 144 Å². The summed E-state index contributed by atoms with van der Waals surface area (Å²) in [4.78, 5) is 7.92. The lowest BCUT2D eigenvalue weighted by Gasteiger charge is -2.43. The highest BCUT2D eigenvalue weighted by atomic mass is 32.1. The SMILES string of the molecule is CC(C)(C)c1ccc2sc3c(c2c1)N(c1cc(-c2cc4ccccc4s2)ccc1-c1ccccc1)c1cccc2c1B3c1sc3ccc(C(C)(C)C)cc3c1N2c1cc(-c2cc3ccccc3s2)ccc1-c1ccccc1. The van der Waals surface area contributed by atoms with E-state index in [-0.39, 0.29) is 17.5 Å². The predicted octanol–water partition coefficient (Wildman–Crippen LogP) is 19.9. The van der Waals surface area contributed by atoms with E-state index in [1.54, 1.807) is 0 Å². The van der Waals surface area contributed by atoms with Crippen LogP contribution in [-0.2, 0) is 10.8 Å². The first-order chi connectivity index (χ1) is 37.4. The van der Waals surface area contributed by atoms with E-state index in [4.69, 9.17) is 0 Å². The molecule has 9 aromatic carbocycles. The van der Waals surface area contributed by atoms with Gasteiger partial charge in [0.05, 0.1) is 22.7 Å². The molecule has 77 heavy (non-hydrogen) atoms. The molecule has 0 bridgehead atoms. The smallest absolute Gasteiger partial charge is 0.277 e. The van der Waals surface area contributed by atoms with Crippen LogP contribution in [0.2, 0.25) is 0 Å². The van der Waals surface area contributed by atoms with Crippen LogP contribution in [0, 0.1) is 0 Å². The zero-order valence-corrected chi connectivity index (χ0v) is 47.1. The molecule has 0 spiro atoms.